The van der Waals surface area contributed by atoms with Crippen LogP contribution in [0.15, 0.2) is 22.7 Å². The number of hydrogen-bond donors (Lipinski definition) is 1. The minimum absolute atomic E-state index is 0.291. The summed E-state index contributed by atoms with van der Waals surface area (Å²) in [6.45, 7) is 10.6. The fraction of sp³-hybridized carbons (Fsp3) is 0.474. The Morgan fingerprint density at radius 3 is 2.50 bits per heavy atom. The molecule has 0 aliphatic heterocycles. The molecule has 6 nitrogen and oxygen atoms in total. The van der Waals surface area contributed by atoms with E-state index < -0.39 is 0 Å². The van der Waals surface area contributed by atoms with Crippen LogP contribution >= 0.6 is 15.9 Å². The number of hydrogen-bond acceptors (Lipinski definition) is 5. The highest BCUT2D eigenvalue weighted by Crippen LogP contribution is 2.31. The van der Waals surface area contributed by atoms with Crippen molar-refractivity contribution >= 4 is 38.6 Å². The molecule has 0 aliphatic rings. The number of rotatable bonds is 6. The van der Waals surface area contributed by atoms with Gasteiger partial charge in [0, 0.05) is 4.47 Å². The van der Waals surface area contributed by atoms with Crippen molar-refractivity contribution in [3.63, 3.8) is 0 Å². The van der Waals surface area contributed by atoms with Crippen LogP contribution in [-0.2, 0) is 0 Å². The van der Waals surface area contributed by atoms with Gasteiger partial charge in [-0.05, 0) is 59.3 Å². The second-order valence-corrected chi connectivity index (χ2v) is 7.67. The van der Waals surface area contributed by atoms with E-state index in [-0.39, 0.29) is 0 Å². The number of anilines is 2. The van der Waals surface area contributed by atoms with Gasteiger partial charge in [0.2, 0.25) is 0 Å². The lowest BCUT2D eigenvalue weighted by Gasteiger charge is -2.14. The molecule has 2 heterocycles. The van der Waals surface area contributed by atoms with Crippen molar-refractivity contribution < 1.29 is 0 Å². The Morgan fingerprint density at radius 1 is 1.15 bits per heavy atom. The van der Waals surface area contributed by atoms with Gasteiger partial charge in [0.15, 0.2) is 17.0 Å². The Kier molecular flexibility index (Phi) is 5.55. The van der Waals surface area contributed by atoms with Crippen LogP contribution in [0.3, 0.4) is 0 Å². The predicted molar refractivity (Wildman–Crippen MR) is 109 cm³/mol. The lowest BCUT2D eigenvalue weighted by molar-refractivity contribution is 0.427. The Balaban J connectivity index is 2.03. The third-order valence-corrected chi connectivity index (χ3v) is 5.29. The molecule has 0 saturated heterocycles. The average molecular weight is 417 g/mol. The highest BCUT2D eigenvalue weighted by atomic mass is 79.9. The molecule has 26 heavy (non-hydrogen) atoms. The van der Waals surface area contributed by atoms with Gasteiger partial charge in [-0.1, -0.05) is 39.0 Å². The van der Waals surface area contributed by atoms with Gasteiger partial charge in [0.1, 0.15) is 5.82 Å². The van der Waals surface area contributed by atoms with E-state index in [0.29, 0.717) is 29.1 Å². The molecule has 1 N–H and O–H groups in total. The molecule has 0 atom stereocenters. The third kappa shape index (κ3) is 3.58. The van der Waals surface area contributed by atoms with Gasteiger partial charge in [-0.3, -0.25) is 0 Å². The van der Waals surface area contributed by atoms with E-state index >= 15 is 0 Å². The van der Waals surface area contributed by atoms with Crippen LogP contribution in [0.4, 0.5) is 11.5 Å². The monoisotopic (exact) mass is 416 g/mol. The molecule has 138 valence electrons. The normalized spacial score (nSPS) is 11.7. The Hall–Kier alpha value is -2.02. The van der Waals surface area contributed by atoms with Gasteiger partial charge >= 0.3 is 0 Å². The number of nitrogens with one attached hydrogen (secondary N) is 1. The van der Waals surface area contributed by atoms with Crippen LogP contribution in [0.1, 0.15) is 63.9 Å². The molecule has 0 radical (unpaired) electrons. The van der Waals surface area contributed by atoms with Crippen LogP contribution in [-0.4, -0.2) is 25.0 Å². The highest BCUT2D eigenvalue weighted by Gasteiger charge is 2.18. The van der Waals surface area contributed by atoms with E-state index in [2.05, 4.69) is 87.4 Å². The molecular weight excluding hydrogens is 392 g/mol. The summed E-state index contributed by atoms with van der Waals surface area (Å²) in [6, 6.07) is 6.62. The zero-order chi connectivity index (χ0) is 18.8. The maximum absolute atomic E-state index is 4.59. The van der Waals surface area contributed by atoms with Crippen LogP contribution in [0, 0.1) is 6.92 Å². The van der Waals surface area contributed by atoms with Crippen molar-refractivity contribution in [1.82, 2.24) is 25.0 Å². The summed E-state index contributed by atoms with van der Waals surface area (Å²) in [5.74, 6) is 1.86. The second kappa shape index (κ2) is 7.70. The molecular formula is C19H25BrN6. The van der Waals surface area contributed by atoms with E-state index in [1.54, 1.807) is 0 Å². The maximum Gasteiger partial charge on any atom is 0.184 e. The number of aromatic nitrogens is 5. The molecule has 0 saturated carbocycles. The van der Waals surface area contributed by atoms with Gasteiger partial charge in [-0.2, -0.15) is 0 Å². The summed E-state index contributed by atoms with van der Waals surface area (Å²) in [4.78, 5) is 9.15. The van der Waals surface area contributed by atoms with Gasteiger partial charge in [0.05, 0.1) is 11.7 Å². The molecule has 1 aromatic carbocycles. The standard InChI is InChI=1S/C19H25BrN6/c1-6-14(7-2)26-19-17(24-25-26)18(21-12(5)22-19)23-16-9-8-13(11(3)4)10-15(16)20/h8-11,14H,6-7H2,1-5H3,(H,21,22,23). The molecule has 0 bridgehead atoms. The summed E-state index contributed by atoms with van der Waals surface area (Å²) in [6.07, 6.45) is 1.98. The first-order chi connectivity index (χ1) is 12.4. The van der Waals surface area contributed by atoms with E-state index in [0.717, 1.165) is 28.6 Å². The maximum atomic E-state index is 4.59. The second-order valence-electron chi connectivity index (χ2n) is 6.81. The van der Waals surface area contributed by atoms with Crippen molar-refractivity contribution in [2.45, 2.75) is 59.4 Å². The summed E-state index contributed by atoms with van der Waals surface area (Å²) in [5.41, 5.74) is 3.71. The minimum Gasteiger partial charge on any atom is -0.337 e. The topological polar surface area (TPSA) is 68.5 Å². The summed E-state index contributed by atoms with van der Waals surface area (Å²) >= 11 is 3.66. The molecule has 7 heteroatoms. The van der Waals surface area contributed by atoms with Gasteiger partial charge in [-0.25, -0.2) is 14.6 Å². The molecule has 0 fully saturated rings. The zero-order valence-corrected chi connectivity index (χ0v) is 17.5. The molecule has 0 aliphatic carbocycles. The van der Waals surface area contributed by atoms with Crippen LogP contribution in [0.25, 0.3) is 11.2 Å². The van der Waals surface area contributed by atoms with Crippen molar-refractivity contribution in [3.8, 4) is 0 Å². The SMILES string of the molecule is CCC(CC)n1nnc2c(Nc3ccc(C(C)C)cc3Br)nc(C)nc21. The predicted octanol–water partition coefficient (Wildman–Crippen LogP) is 5.52. The van der Waals surface area contributed by atoms with Crippen molar-refractivity contribution in [2.24, 2.45) is 0 Å². The first-order valence-electron chi connectivity index (χ1n) is 9.10. The number of halogens is 1. The first-order valence-corrected chi connectivity index (χ1v) is 9.89. The molecule has 0 spiro atoms. The number of benzene rings is 1. The zero-order valence-electron chi connectivity index (χ0n) is 15.9. The molecule has 0 amide bonds. The fourth-order valence-corrected chi connectivity index (χ4v) is 3.52. The van der Waals surface area contributed by atoms with Crippen LogP contribution in [0.5, 0.6) is 0 Å². The number of nitrogens with zero attached hydrogens (tertiary/aromatic N) is 5. The van der Waals surface area contributed by atoms with Crippen molar-refractivity contribution in [2.75, 3.05) is 5.32 Å². The minimum atomic E-state index is 0.291. The fourth-order valence-electron chi connectivity index (χ4n) is 3.03. The molecule has 0 unspecified atom stereocenters. The van der Waals surface area contributed by atoms with Crippen LogP contribution in [0.2, 0.25) is 0 Å². The van der Waals surface area contributed by atoms with E-state index in [9.17, 15) is 0 Å². The van der Waals surface area contributed by atoms with E-state index in [1.165, 1.54) is 5.56 Å². The lowest BCUT2D eigenvalue weighted by Crippen LogP contribution is -2.10. The quantitative estimate of drug-likeness (QED) is 0.572. The Labute approximate surface area is 162 Å². The molecule has 2 aromatic heterocycles. The van der Waals surface area contributed by atoms with Gasteiger partial charge in [-0.15, -0.1) is 5.10 Å². The van der Waals surface area contributed by atoms with Gasteiger partial charge < -0.3 is 5.32 Å². The van der Waals surface area contributed by atoms with Crippen molar-refractivity contribution in [1.29, 1.82) is 0 Å². The largest absolute Gasteiger partial charge is 0.337 e. The summed E-state index contributed by atoms with van der Waals surface area (Å²) in [7, 11) is 0. The number of fused-ring (bicyclic) bond motifs is 1. The average Bonchev–Trinajstić information content (AvgIpc) is 3.01. The smallest absolute Gasteiger partial charge is 0.184 e. The molecule has 3 aromatic rings. The summed E-state index contributed by atoms with van der Waals surface area (Å²) in [5, 5.41) is 12.1. The highest BCUT2D eigenvalue weighted by molar-refractivity contribution is 9.10. The summed E-state index contributed by atoms with van der Waals surface area (Å²) < 4.78 is 2.92. The van der Waals surface area contributed by atoms with Crippen molar-refractivity contribution in [3.05, 3.63) is 34.1 Å². The molecule has 3 rings (SSSR count). The number of aryl methyl sites for hydroxylation is 1. The third-order valence-electron chi connectivity index (χ3n) is 4.64. The van der Waals surface area contributed by atoms with Gasteiger partial charge in [0.25, 0.3) is 0 Å². The Bertz CT molecular complexity index is 914. The lowest BCUT2D eigenvalue weighted by atomic mass is 10.0. The van der Waals surface area contributed by atoms with E-state index in [1.807, 2.05) is 11.6 Å². The Morgan fingerprint density at radius 2 is 1.88 bits per heavy atom. The van der Waals surface area contributed by atoms with E-state index in [4.69, 9.17) is 0 Å². The van der Waals surface area contributed by atoms with Crippen LogP contribution < -0.4 is 5.32 Å². The first kappa shape index (κ1) is 18.8.